The Morgan fingerprint density at radius 2 is 1.97 bits per heavy atom. The van der Waals surface area contributed by atoms with Gasteiger partial charge in [0.1, 0.15) is 11.8 Å². The molecule has 0 bridgehead atoms. The van der Waals surface area contributed by atoms with Crippen LogP contribution in [-0.4, -0.2) is 52.6 Å². The van der Waals surface area contributed by atoms with Gasteiger partial charge in [-0.05, 0) is 17.4 Å². The lowest BCUT2D eigenvalue weighted by Gasteiger charge is -2.34. The normalized spacial score (nSPS) is 25.6. The second kappa shape index (κ2) is 9.83. The molecule has 3 atom stereocenters. The van der Waals surface area contributed by atoms with Gasteiger partial charge in [-0.2, -0.15) is 0 Å². The number of cyclic esters (lactones) is 1. The van der Waals surface area contributed by atoms with Crippen LogP contribution in [-0.2, 0) is 28.7 Å². The lowest BCUT2D eigenvalue weighted by molar-refractivity contribution is -0.226. The number of nitrogens with one attached hydrogen (secondary N) is 1. The highest BCUT2D eigenvalue weighted by Crippen LogP contribution is 2.37. The first-order chi connectivity index (χ1) is 17.1. The van der Waals surface area contributed by atoms with Gasteiger partial charge >= 0.3 is 17.7 Å². The van der Waals surface area contributed by atoms with Crippen molar-refractivity contribution in [3.63, 3.8) is 0 Å². The molecule has 3 heterocycles. The van der Waals surface area contributed by atoms with Crippen molar-refractivity contribution in [1.29, 1.82) is 0 Å². The Balaban J connectivity index is 1.58. The molecule has 4 rings (SSSR count). The van der Waals surface area contributed by atoms with Crippen molar-refractivity contribution in [2.45, 2.75) is 64.4 Å². The Kier molecular flexibility index (Phi) is 6.97. The first kappa shape index (κ1) is 25.5. The topological polar surface area (TPSA) is 116 Å². The minimum absolute atomic E-state index is 0.00818. The number of hydrogen-bond acceptors (Lipinski definition) is 8. The number of carbonyl (C=O) groups is 3. The molecule has 1 fully saturated rings. The molecule has 0 aliphatic carbocycles. The fourth-order valence-electron chi connectivity index (χ4n) is 4.50. The van der Waals surface area contributed by atoms with Gasteiger partial charge in [0, 0.05) is 30.3 Å². The molecular formula is C26H30FN3O6. The van der Waals surface area contributed by atoms with Crippen molar-refractivity contribution in [3.05, 3.63) is 42.2 Å². The number of esters is 2. The van der Waals surface area contributed by atoms with E-state index >= 15 is 0 Å². The summed E-state index contributed by atoms with van der Waals surface area (Å²) >= 11 is 0. The summed E-state index contributed by atoms with van der Waals surface area (Å²) in [4.78, 5) is 48.3. The SMILES string of the molecule is CC(C)CC(=O)O[C@]1(CF)OC(=O)C[C@@H]1NC(=O)[C@]1(C(C)C)CC(c2nccc3ccccc23)=NO1. The number of hydrogen-bond donors (Lipinski definition) is 1. The van der Waals surface area contributed by atoms with Gasteiger partial charge < -0.3 is 19.6 Å². The van der Waals surface area contributed by atoms with Gasteiger partial charge in [-0.1, -0.05) is 57.1 Å². The summed E-state index contributed by atoms with van der Waals surface area (Å²) < 4.78 is 24.6. The third kappa shape index (κ3) is 4.64. The predicted octanol–water partition coefficient (Wildman–Crippen LogP) is 3.44. The van der Waals surface area contributed by atoms with Crippen LogP contribution in [0.2, 0.25) is 0 Å². The summed E-state index contributed by atoms with van der Waals surface area (Å²) in [6, 6.07) is 8.33. The van der Waals surface area contributed by atoms with E-state index in [0.717, 1.165) is 10.8 Å². The zero-order valence-corrected chi connectivity index (χ0v) is 20.7. The number of benzene rings is 1. The van der Waals surface area contributed by atoms with Crippen LogP contribution in [0.1, 0.15) is 52.7 Å². The van der Waals surface area contributed by atoms with Gasteiger partial charge in [0.2, 0.25) is 5.60 Å². The van der Waals surface area contributed by atoms with Crippen molar-refractivity contribution in [2.24, 2.45) is 17.0 Å². The quantitative estimate of drug-likeness (QED) is 0.553. The van der Waals surface area contributed by atoms with Crippen molar-refractivity contribution >= 4 is 34.3 Å². The zero-order valence-electron chi connectivity index (χ0n) is 20.7. The third-order valence-corrected chi connectivity index (χ3v) is 6.55. The summed E-state index contributed by atoms with van der Waals surface area (Å²) in [5, 5.41) is 8.71. The molecule has 0 radical (unpaired) electrons. The number of carbonyl (C=O) groups excluding carboxylic acids is 3. The van der Waals surface area contributed by atoms with Crippen molar-refractivity contribution in [2.75, 3.05) is 6.67 Å². The maximum absolute atomic E-state index is 14.2. The van der Waals surface area contributed by atoms with E-state index in [0.29, 0.717) is 11.4 Å². The first-order valence-electron chi connectivity index (χ1n) is 12.0. The molecule has 10 heteroatoms. The molecule has 2 aromatic rings. The Hall–Kier alpha value is -3.56. The molecule has 1 aromatic heterocycles. The van der Waals surface area contributed by atoms with Gasteiger partial charge in [-0.25, -0.2) is 4.39 Å². The fourth-order valence-corrected chi connectivity index (χ4v) is 4.50. The standard InChI is InChI=1S/C26H30FN3O6/c1-15(2)11-21(31)34-26(14-27)20(12-22(32)35-26)29-24(33)25(16(3)4)13-19(30-36-25)23-18-8-6-5-7-17(18)9-10-28-23/h5-10,15-16,20H,11-14H2,1-4H3,(H,29,33)/t20-,25+,26+/m0/s1. The molecule has 2 aliphatic rings. The van der Waals surface area contributed by atoms with Crippen LogP contribution >= 0.6 is 0 Å². The number of pyridine rings is 1. The van der Waals surface area contributed by atoms with E-state index in [1.807, 2.05) is 30.3 Å². The van der Waals surface area contributed by atoms with Crippen LogP contribution < -0.4 is 5.32 Å². The van der Waals surface area contributed by atoms with E-state index in [2.05, 4.69) is 15.5 Å². The van der Waals surface area contributed by atoms with Gasteiger partial charge in [0.25, 0.3) is 5.91 Å². The number of aromatic nitrogens is 1. The number of nitrogens with zero attached hydrogens (tertiary/aromatic N) is 2. The summed E-state index contributed by atoms with van der Waals surface area (Å²) in [5.41, 5.74) is -0.345. The lowest BCUT2D eigenvalue weighted by atomic mass is 9.83. The summed E-state index contributed by atoms with van der Waals surface area (Å²) in [6.45, 7) is 5.90. The van der Waals surface area contributed by atoms with E-state index in [9.17, 15) is 18.8 Å². The van der Waals surface area contributed by atoms with Gasteiger partial charge in [-0.3, -0.25) is 19.4 Å². The van der Waals surface area contributed by atoms with E-state index in [-0.39, 0.29) is 31.1 Å². The van der Waals surface area contributed by atoms with Gasteiger partial charge in [0.15, 0.2) is 6.67 Å². The van der Waals surface area contributed by atoms with Crippen molar-refractivity contribution in [1.82, 2.24) is 10.3 Å². The Labute approximate surface area is 208 Å². The summed E-state index contributed by atoms with van der Waals surface area (Å²) in [6.07, 6.45) is 1.43. The van der Waals surface area contributed by atoms with Crippen LogP contribution in [0.25, 0.3) is 10.8 Å². The molecule has 36 heavy (non-hydrogen) atoms. The van der Waals surface area contributed by atoms with E-state index in [1.165, 1.54) is 0 Å². The van der Waals surface area contributed by atoms with Crippen LogP contribution in [0.5, 0.6) is 0 Å². The highest BCUT2D eigenvalue weighted by Gasteiger charge is 2.57. The average Bonchev–Trinajstić information content (AvgIpc) is 3.41. The largest absolute Gasteiger partial charge is 0.417 e. The number of fused-ring (bicyclic) bond motifs is 1. The number of ether oxygens (including phenoxy) is 2. The number of rotatable bonds is 8. The molecule has 0 spiro atoms. The average molecular weight is 500 g/mol. The van der Waals surface area contributed by atoms with Crippen LogP contribution in [0.15, 0.2) is 41.7 Å². The predicted molar refractivity (Wildman–Crippen MR) is 128 cm³/mol. The van der Waals surface area contributed by atoms with E-state index < -0.39 is 42.0 Å². The molecule has 9 nitrogen and oxygen atoms in total. The number of halogens is 1. The van der Waals surface area contributed by atoms with Gasteiger partial charge in [-0.15, -0.1) is 0 Å². The van der Waals surface area contributed by atoms with E-state index in [4.69, 9.17) is 14.3 Å². The number of amides is 1. The molecular weight excluding hydrogens is 469 g/mol. The highest BCUT2D eigenvalue weighted by atomic mass is 19.1. The van der Waals surface area contributed by atoms with Crippen molar-refractivity contribution < 1.29 is 33.1 Å². The number of alkyl halides is 1. The van der Waals surface area contributed by atoms with E-state index in [1.54, 1.807) is 33.9 Å². The first-order valence-corrected chi connectivity index (χ1v) is 12.0. The molecule has 1 aromatic carbocycles. The van der Waals surface area contributed by atoms with Crippen LogP contribution in [0.4, 0.5) is 4.39 Å². The zero-order chi connectivity index (χ0) is 26.1. The van der Waals surface area contributed by atoms with Crippen LogP contribution in [0, 0.1) is 11.8 Å². The number of oxime groups is 1. The summed E-state index contributed by atoms with van der Waals surface area (Å²) in [7, 11) is 0. The molecule has 1 saturated heterocycles. The Bertz CT molecular complexity index is 1210. The second-order valence-corrected chi connectivity index (χ2v) is 9.95. The Morgan fingerprint density at radius 3 is 2.67 bits per heavy atom. The molecule has 0 unspecified atom stereocenters. The monoisotopic (exact) mass is 499 g/mol. The minimum Gasteiger partial charge on any atom is -0.417 e. The highest BCUT2D eigenvalue weighted by molar-refractivity contribution is 6.11. The van der Waals surface area contributed by atoms with Crippen LogP contribution in [0.3, 0.4) is 0 Å². The minimum atomic E-state index is -2.23. The molecule has 2 aliphatic heterocycles. The van der Waals surface area contributed by atoms with Crippen molar-refractivity contribution in [3.8, 4) is 0 Å². The smallest absolute Gasteiger partial charge is 0.311 e. The maximum atomic E-state index is 14.2. The molecule has 1 N–H and O–H groups in total. The third-order valence-electron chi connectivity index (χ3n) is 6.55. The lowest BCUT2D eigenvalue weighted by Crippen LogP contribution is -2.60. The fraction of sp³-hybridized carbons (Fsp3) is 0.500. The molecule has 1 amide bonds. The molecule has 192 valence electrons. The second-order valence-electron chi connectivity index (χ2n) is 9.95. The summed E-state index contributed by atoms with van der Waals surface area (Å²) in [5.74, 6) is -4.74. The molecule has 0 saturated carbocycles. The maximum Gasteiger partial charge on any atom is 0.311 e. The Morgan fingerprint density at radius 1 is 1.22 bits per heavy atom. The van der Waals surface area contributed by atoms with Gasteiger partial charge in [0.05, 0.1) is 12.1 Å².